The maximum Gasteiger partial charge on any atom is 0.257 e. The molecule has 6 rings (SSSR count). The van der Waals surface area contributed by atoms with Crippen molar-refractivity contribution in [1.29, 1.82) is 0 Å². The van der Waals surface area contributed by atoms with E-state index in [2.05, 4.69) is 33.6 Å². The van der Waals surface area contributed by atoms with Crippen LogP contribution in [0.1, 0.15) is 72.9 Å². The van der Waals surface area contributed by atoms with Crippen LogP contribution in [0.2, 0.25) is 0 Å². The summed E-state index contributed by atoms with van der Waals surface area (Å²) in [4.78, 5) is 29.3. The molecule has 1 aromatic heterocycles. The Morgan fingerprint density at radius 3 is 2.10 bits per heavy atom. The van der Waals surface area contributed by atoms with Crippen LogP contribution in [0.4, 0.5) is 4.39 Å². The van der Waals surface area contributed by atoms with Crippen LogP contribution in [-0.2, 0) is 10.0 Å². The zero-order chi connectivity index (χ0) is 34.9. The van der Waals surface area contributed by atoms with Gasteiger partial charge in [-0.1, -0.05) is 12.1 Å². The summed E-state index contributed by atoms with van der Waals surface area (Å²) in [7, 11) is -2.06. The molecule has 0 bridgehead atoms. The molecule has 1 amide bonds. The number of nitrogens with zero attached hydrogens (tertiary/aromatic N) is 6. The van der Waals surface area contributed by atoms with Crippen LogP contribution in [0.3, 0.4) is 0 Å². The molecule has 10 nitrogen and oxygen atoms in total. The van der Waals surface area contributed by atoms with E-state index >= 15 is 0 Å². The number of likely N-dealkylation sites (tertiary alicyclic amines) is 1. The second-order valence-corrected chi connectivity index (χ2v) is 16.1. The predicted octanol–water partition coefficient (Wildman–Crippen LogP) is 5.08. The Kier molecular flexibility index (Phi) is 10.4. The van der Waals surface area contributed by atoms with Crippen LogP contribution < -0.4 is 4.74 Å². The number of carbonyl (C=O) groups excluding carboxylic acids is 1. The van der Waals surface area contributed by atoms with Crippen molar-refractivity contribution in [3.8, 4) is 5.75 Å². The van der Waals surface area contributed by atoms with Gasteiger partial charge < -0.3 is 9.64 Å². The lowest BCUT2D eigenvalue weighted by atomic mass is 9.82. The summed E-state index contributed by atoms with van der Waals surface area (Å²) in [6.07, 6.45) is 4.72. The summed E-state index contributed by atoms with van der Waals surface area (Å²) in [5.41, 5.74) is 3.10. The molecule has 3 aliphatic rings. The van der Waals surface area contributed by atoms with Gasteiger partial charge in [-0.15, -0.1) is 0 Å². The van der Waals surface area contributed by atoms with E-state index in [4.69, 9.17) is 4.74 Å². The van der Waals surface area contributed by atoms with Crippen LogP contribution in [-0.4, -0.2) is 108 Å². The van der Waals surface area contributed by atoms with E-state index in [-0.39, 0.29) is 40.2 Å². The zero-order valence-corrected chi connectivity index (χ0v) is 30.1. The second kappa shape index (κ2) is 14.4. The largest absolute Gasteiger partial charge is 0.497 e. The number of piperazine rings is 1. The first-order valence-electron chi connectivity index (χ1n) is 17.4. The third-order valence-corrected chi connectivity index (χ3v) is 13.1. The molecular formula is C37H49FN6O4S. The predicted molar refractivity (Wildman–Crippen MR) is 186 cm³/mol. The fourth-order valence-electron chi connectivity index (χ4n) is 8.17. The highest BCUT2D eigenvalue weighted by atomic mass is 32.2. The van der Waals surface area contributed by atoms with Gasteiger partial charge in [0.1, 0.15) is 17.9 Å². The number of ether oxygens (including phenoxy) is 1. The van der Waals surface area contributed by atoms with Crippen molar-refractivity contribution < 1.29 is 22.3 Å². The molecule has 3 saturated heterocycles. The van der Waals surface area contributed by atoms with E-state index in [0.29, 0.717) is 37.5 Å². The number of rotatable bonds is 8. The maximum absolute atomic E-state index is 14.1. The quantitative estimate of drug-likeness (QED) is 0.323. The number of aryl methyl sites for hydroxylation is 2. The van der Waals surface area contributed by atoms with Crippen molar-refractivity contribution >= 4 is 15.9 Å². The average Bonchev–Trinajstić information content (AvgIpc) is 3.10. The molecule has 0 radical (unpaired) electrons. The fourth-order valence-corrected chi connectivity index (χ4v) is 9.64. The molecule has 0 spiro atoms. The summed E-state index contributed by atoms with van der Waals surface area (Å²) >= 11 is 0. The van der Waals surface area contributed by atoms with Crippen LogP contribution in [0.15, 0.2) is 59.8 Å². The van der Waals surface area contributed by atoms with Gasteiger partial charge in [0.2, 0.25) is 10.0 Å². The SMILES string of the molecule is COc1ccc(S(=O)(=O)N2CCC([C@H](c3ccc(F)cc3)N3CCN(C4(C)CCN(C(=O)c5c(C)ncnc5C)CC4)C[C@@H]3C)CC2)cc1. The third kappa shape index (κ3) is 7.24. The van der Waals surface area contributed by atoms with Crippen molar-refractivity contribution in [1.82, 2.24) is 29.0 Å². The van der Waals surface area contributed by atoms with Gasteiger partial charge in [-0.2, -0.15) is 4.31 Å². The van der Waals surface area contributed by atoms with Crippen molar-refractivity contribution in [3.63, 3.8) is 0 Å². The van der Waals surface area contributed by atoms with Gasteiger partial charge in [0.05, 0.1) is 29.0 Å². The van der Waals surface area contributed by atoms with Crippen LogP contribution >= 0.6 is 0 Å². The van der Waals surface area contributed by atoms with Crippen LogP contribution in [0, 0.1) is 25.6 Å². The lowest BCUT2D eigenvalue weighted by molar-refractivity contribution is -0.0421. The van der Waals surface area contributed by atoms with Gasteiger partial charge in [0, 0.05) is 63.4 Å². The Bertz CT molecular complexity index is 1700. The molecule has 2 aromatic carbocycles. The van der Waals surface area contributed by atoms with E-state index in [9.17, 15) is 17.6 Å². The monoisotopic (exact) mass is 692 g/mol. The number of aromatic nitrogens is 2. The van der Waals surface area contributed by atoms with Crippen LogP contribution in [0.25, 0.3) is 0 Å². The number of methoxy groups -OCH3 is 1. The highest BCUT2D eigenvalue weighted by Gasteiger charge is 2.43. The minimum Gasteiger partial charge on any atom is -0.497 e. The van der Waals surface area contributed by atoms with Gasteiger partial charge in [0.25, 0.3) is 5.91 Å². The molecule has 3 aliphatic heterocycles. The Morgan fingerprint density at radius 1 is 0.918 bits per heavy atom. The molecule has 4 heterocycles. The number of hydrogen-bond acceptors (Lipinski definition) is 8. The minimum atomic E-state index is -3.62. The Hall–Kier alpha value is -3.45. The normalized spacial score (nSPS) is 22.2. The number of hydrogen-bond donors (Lipinski definition) is 0. The zero-order valence-electron chi connectivity index (χ0n) is 29.3. The first-order chi connectivity index (χ1) is 23.4. The maximum atomic E-state index is 14.1. The Labute approximate surface area is 290 Å². The highest BCUT2D eigenvalue weighted by molar-refractivity contribution is 7.89. The number of benzene rings is 2. The first kappa shape index (κ1) is 35.4. The van der Waals surface area contributed by atoms with E-state index in [1.807, 2.05) is 30.9 Å². The smallest absolute Gasteiger partial charge is 0.257 e. The molecule has 3 aromatic rings. The topological polar surface area (TPSA) is 99.2 Å². The lowest BCUT2D eigenvalue weighted by Crippen LogP contribution is -2.63. The molecule has 3 fully saturated rings. The molecule has 0 unspecified atom stereocenters. The van der Waals surface area contributed by atoms with Crippen molar-refractivity contribution in [2.75, 3.05) is 52.9 Å². The van der Waals surface area contributed by atoms with Crippen molar-refractivity contribution in [3.05, 3.63) is 83.2 Å². The molecular weight excluding hydrogens is 644 g/mol. The van der Waals surface area contributed by atoms with Crippen LogP contribution in [0.5, 0.6) is 5.75 Å². The van der Waals surface area contributed by atoms with E-state index in [1.165, 1.54) is 18.5 Å². The second-order valence-electron chi connectivity index (χ2n) is 14.2. The highest BCUT2D eigenvalue weighted by Crippen LogP contribution is 2.40. The molecule has 264 valence electrons. The molecule has 0 N–H and O–H groups in total. The summed E-state index contributed by atoms with van der Waals surface area (Å²) in [6.45, 7) is 13.2. The minimum absolute atomic E-state index is 0.0147. The van der Waals surface area contributed by atoms with Crippen molar-refractivity contribution in [2.24, 2.45) is 5.92 Å². The van der Waals surface area contributed by atoms with Gasteiger partial charge >= 0.3 is 0 Å². The Balaban J connectivity index is 1.12. The van der Waals surface area contributed by atoms with Crippen molar-refractivity contribution in [2.45, 2.75) is 75.9 Å². The summed E-state index contributed by atoms with van der Waals surface area (Å²) in [5.74, 6) is 0.595. The molecule has 0 saturated carbocycles. The lowest BCUT2D eigenvalue weighted by Gasteiger charge is -2.54. The summed E-state index contributed by atoms with van der Waals surface area (Å²) in [6, 6.07) is 13.7. The molecule has 2 atom stereocenters. The number of carbonyl (C=O) groups is 1. The summed E-state index contributed by atoms with van der Waals surface area (Å²) in [5, 5.41) is 0. The molecule has 12 heteroatoms. The Morgan fingerprint density at radius 2 is 1.53 bits per heavy atom. The third-order valence-electron chi connectivity index (χ3n) is 11.2. The summed E-state index contributed by atoms with van der Waals surface area (Å²) < 4.78 is 47.9. The molecule has 0 aliphatic carbocycles. The molecule has 49 heavy (non-hydrogen) atoms. The standard InChI is InChI=1S/C37H49FN6O4S/c1-26-24-42(37(4)16-20-41(21-17-37)36(45)34-27(2)39-25-40-28(34)3)22-23-44(26)35(29-6-8-31(38)9-7-29)30-14-18-43(19-15-30)49(46,47)33-12-10-32(48-5)11-13-33/h6-13,25-26,30,35H,14-24H2,1-5H3/t26-,35-/m0/s1. The van der Waals surface area contributed by atoms with Gasteiger partial charge in [-0.25, -0.2) is 22.8 Å². The number of piperidine rings is 2. The average molecular weight is 693 g/mol. The van der Waals surface area contributed by atoms with E-state index in [1.54, 1.807) is 35.7 Å². The number of amides is 1. The number of halogens is 1. The van der Waals surface area contributed by atoms with Gasteiger partial charge in [0.15, 0.2) is 0 Å². The van der Waals surface area contributed by atoms with Gasteiger partial charge in [-0.3, -0.25) is 14.6 Å². The van der Waals surface area contributed by atoms with Gasteiger partial charge in [-0.05, 0) is 101 Å². The van der Waals surface area contributed by atoms with E-state index < -0.39 is 10.0 Å². The number of sulfonamides is 1. The first-order valence-corrected chi connectivity index (χ1v) is 18.8. The fraction of sp³-hybridized carbons (Fsp3) is 0.541. The van der Waals surface area contributed by atoms with E-state index in [0.717, 1.165) is 62.3 Å².